The summed E-state index contributed by atoms with van der Waals surface area (Å²) in [5, 5.41) is 15.1. The van der Waals surface area contributed by atoms with Crippen molar-refractivity contribution in [3.8, 4) is 5.88 Å². The number of hydrogen-bond donors (Lipinski definition) is 2. The maximum Gasteiger partial charge on any atom is 0.278 e. The molecule has 0 saturated carbocycles. The molecule has 0 atom stereocenters. The second kappa shape index (κ2) is 8.20. The van der Waals surface area contributed by atoms with Crippen LogP contribution in [0.2, 0.25) is 0 Å². The van der Waals surface area contributed by atoms with Gasteiger partial charge >= 0.3 is 0 Å². The van der Waals surface area contributed by atoms with Crippen LogP contribution in [-0.2, 0) is 6.61 Å². The summed E-state index contributed by atoms with van der Waals surface area (Å²) < 4.78 is 11.4. The Balaban J connectivity index is 1.56. The number of anilines is 2. The largest absolute Gasteiger partial charge is 0.469 e. The Bertz CT molecular complexity index is 1200. The molecule has 152 valence electrons. The number of amides is 1. The fourth-order valence-corrected chi connectivity index (χ4v) is 3.19. The zero-order chi connectivity index (χ0) is 21.1. The third-order valence-corrected chi connectivity index (χ3v) is 4.50. The molecule has 8 heteroatoms. The summed E-state index contributed by atoms with van der Waals surface area (Å²) in [4.78, 5) is 15.8. The minimum atomic E-state index is -0.258. The SMILES string of the molecule is CNC(=O)c1cc(COc2nnc(Nc3cc(C)cc(C)c3)c3ccoc23)ccn1. The number of aryl methyl sites for hydroxylation is 2. The predicted molar refractivity (Wildman–Crippen MR) is 113 cm³/mol. The van der Waals surface area contributed by atoms with Crippen LogP contribution in [0.1, 0.15) is 27.2 Å². The first-order chi connectivity index (χ1) is 14.5. The Hall–Kier alpha value is -3.94. The standard InChI is InChI=1S/C22H21N5O3/c1-13-8-14(2)10-16(9-13)25-20-17-5-7-29-19(17)22(27-26-20)30-12-15-4-6-24-18(11-15)21(28)23-3/h4-11H,12H2,1-3H3,(H,23,28)(H,25,26). The Morgan fingerprint density at radius 3 is 2.67 bits per heavy atom. The number of nitrogens with zero attached hydrogens (tertiary/aromatic N) is 3. The average molecular weight is 403 g/mol. The Labute approximate surface area is 173 Å². The van der Waals surface area contributed by atoms with Gasteiger partial charge in [0, 0.05) is 18.9 Å². The lowest BCUT2D eigenvalue weighted by Crippen LogP contribution is -2.19. The number of aromatic nitrogens is 3. The highest BCUT2D eigenvalue weighted by Gasteiger charge is 2.15. The van der Waals surface area contributed by atoms with Gasteiger partial charge in [-0.2, -0.15) is 0 Å². The molecule has 0 unspecified atom stereocenters. The molecule has 0 spiro atoms. The van der Waals surface area contributed by atoms with Crippen molar-refractivity contribution in [3.63, 3.8) is 0 Å². The van der Waals surface area contributed by atoms with Crippen molar-refractivity contribution in [2.24, 2.45) is 0 Å². The normalized spacial score (nSPS) is 10.8. The van der Waals surface area contributed by atoms with Gasteiger partial charge in [-0.25, -0.2) is 0 Å². The molecule has 30 heavy (non-hydrogen) atoms. The van der Waals surface area contributed by atoms with E-state index in [2.05, 4.69) is 31.9 Å². The summed E-state index contributed by atoms with van der Waals surface area (Å²) in [5.41, 5.74) is 4.84. The molecule has 1 amide bonds. The van der Waals surface area contributed by atoms with Crippen LogP contribution in [0.3, 0.4) is 0 Å². The van der Waals surface area contributed by atoms with Crippen LogP contribution in [0.5, 0.6) is 5.88 Å². The summed E-state index contributed by atoms with van der Waals surface area (Å²) in [6, 6.07) is 11.4. The van der Waals surface area contributed by atoms with Gasteiger partial charge < -0.3 is 19.8 Å². The number of benzene rings is 1. The number of fused-ring (bicyclic) bond motifs is 1. The van der Waals surface area contributed by atoms with Crippen molar-refractivity contribution in [1.29, 1.82) is 0 Å². The van der Waals surface area contributed by atoms with E-state index in [0.29, 0.717) is 17.1 Å². The van der Waals surface area contributed by atoms with Crippen molar-refractivity contribution in [1.82, 2.24) is 20.5 Å². The number of carbonyl (C=O) groups excluding carboxylic acids is 1. The highest BCUT2D eigenvalue weighted by molar-refractivity contribution is 5.93. The monoisotopic (exact) mass is 403 g/mol. The van der Waals surface area contributed by atoms with Gasteiger partial charge in [-0.05, 0) is 60.9 Å². The van der Waals surface area contributed by atoms with Crippen LogP contribution < -0.4 is 15.4 Å². The minimum absolute atomic E-state index is 0.195. The molecule has 0 saturated heterocycles. The van der Waals surface area contributed by atoms with E-state index >= 15 is 0 Å². The van der Waals surface area contributed by atoms with E-state index in [1.54, 1.807) is 31.6 Å². The van der Waals surface area contributed by atoms with E-state index in [4.69, 9.17) is 9.15 Å². The van der Waals surface area contributed by atoms with Crippen LogP contribution in [0, 0.1) is 13.8 Å². The third kappa shape index (κ3) is 4.07. The molecule has 4 rings (SSSR count). The summed E-state index contributed by atoms with van der Waals surface area (Å²) in [6.07, 6.45) is 3.14. The number of nitrogens with one attached hydrogen (secondary N) is 2. The molecular formula is C22H21N5O3. The fourth-order valence-electron chi connectivity index (χ4n) is 3.19. The number of hydrogen-bond acceptors (Lipinski definition) is 7. The minimum Gasteiger partial charge on any atom is -0.469 e. The number of pyridine rings is 1. The summed E-state index contributed by atoms with van der Waals surface area (Å²) in [7, 11) is 1.56. The molecule has 0 bridgehead atoms. The van der Waals surface area contributed by atoms with E-state index < -0.39 is 0 Å². The van der Waals surface area contributed by atoms with Crippen LogP contribution in [0.15, 0.2) is 53.3 Å². The third-order valence-electron chi connectivity index (χ3n) is 4.50. The number of ether oxygens (including phenoxy) is 1. The van der Waals surface area contributed by atoms with E-state index in [1.807, 2.05) is 32.0 Å². The molecule has 0 aliphatic heterocycles. The van der Waals surface area contributed by atoms with Gasteiger partial charge in [0.05, 0.1) is 11.6 Å². The van der Waals surface area contributed by atoms with Gasteiger partial charge in [-0.15, -0.1) is 10.2 Å². The topological polar surface area (TPSA) is 102 Å². The van der Waals surface area contributed by atoms with Crippen molar-refractivity contribution >= 4 is 28.4 Å². The van der Waals surface area contributed by atoms with Gasteiger partial charge in [0.2, 0.25) is 5.58 Å². The van der Waals surface area contributed by atoms with Gasteiger partial charge in [0.25, 0.3) is 11.8 Å². The van der Waals surface area contributed by atoms with E-state index in [9.17, 15) is 4.79 Å². The Morgan fingerprint density at radius 1 is 1.10 bits per heavy atom. The fraction of sp³-hybridized carbons (Fsp3) is 0.182. The molecule has 4 aromatic rings. The molecule has 8 nitrogen and oxygen atoms in total. The molecule has 0 fully saturated rings. The first-order valence-electron chi connectivity index (χ1n) is 9.42. The lowest BCUT2D eigenvalue weighted by atomic mass is 10.1. The van der Waals surface area contributed by atoms with Gasteiger partial charge in [0.15, 0.2) is 5.82 Å². The van der Waals surface area contributed by atoms with E-state index in [1.165, 1.54) is 0 Å². The molecule has 0 radical (unpaired) electrons. The average Bonchev–Trinajstić information content (AvgIpc) is 3.22. The summed E-state index contributed by atoms with van der Waals surface area (Å²) in [5.74, 6) is 0.605. The lowest BCUT2D eigenvalue weighted by Gasteiger charge is -2.10. The first-order valence-corrected chi connectivity index (χ1v) is 9.42. The number of carbonyl (C=O) groups is 1. The van der Waals surface area contributed by atoms with Crippen molar-refractivity contribution in [3.05, 3.63) is 71.2 Å². The lowest BCUT2D eigenvalue weighted by molar-refractivity contribution is 0.0958. The Morgan fingerprint density at radius 2 is 1.90 bits per heavy atom. The zero-order valence-corrected chi connectivity index (χ0v) is 16.9. The van der Waals surface area contributed by atoms with Crippen LogP contribution >= 0.6 is 0 Å². The predicted octanol–water partition coefficient (Wildman–Crippen LogP) is 3.92. The smallest absolute Gasteiger partial charge is 0.278 e. The highest BCUT2D eigenvalue weighted by atomic mass is 16.5. The molecule has 0 aliphatic carbocycles. The van der Waals surface area contributed by atoms with Crippen LogP contribution in [-0.4, -0.2) is 28.1 Å². The highest BCUT2D eigenvalue weighted by Crippen LogP contribution is 2.31. The number of furan rings is 1. The summed E-state index contributed by atoms with van der Waals surface area (Å²) >= 11 is 0. The summed E-state index contributed by atoms with van der Waals surface area (Å²) in [6.45, 7) is 4.28. The van der Waals surface area contributed by atoms with Crippen LogP contribution in [0.25, 0.3) is 11.0 Å². The van der Waals surface area contributed by atoms with Gasteiger partial charge in [-0.1, -0.05) is 6.07 Å². The van der Waals surface area contributed by atoms with Crippen LogP contribution in [0.4, 0.5) is 11.5 Å². The second-order valence-electron chi connectivity index (χ2n) is 6.94. The molecule has 2 N–H and O–H groups in total. The molecule has 1 aromatic carbocycles. The number of rotatable bonds is 6. The Kier molecular flexibility index (Phi) is 5.30. The van der Waals surface area contributed by atoms with Crippen molar-refractivity contribution in [2.45, 2.75) is 20.5 Å². The van der Waals surface area contributed by atoms with Crippen molar-refractivity contribution in [2.75, 3.05) is 12.4 Å². The van der Waals surface area contributed by atoms with Gasteiger partial charge in [0.1, 0.15) is 12.3 Å². The first kappa shape index (κ1) is 19.4. The van der Waals surface area contributed by atoms with Gasteiger partial charge in [-0.3, -0.25) is 9.78 Å². The van der Waals surface area contributed by atoms with E-state index in [-0.39, 0.29) is 18.4 Å². The second-order valence-corrected chi connectivity index (χ2v) is 6.94. The molecule has 3 heterocycles. The molecular weight excluding hydrogens is 382 g/mol. The zero-order valence-electron chi connectivity index (χ0n) is 16.9. The maximum atomic E-state index is 11.8. The van der Waals surface area contributed by atoms with E-state index in [0.717, 1.165) is 27.8 Å². The molecule has 3 aromatic heterocycles. The quantitative estimate of drug-likeness (QED) is 0.503. The maximum absolute atomic E-state index is 11.8. The molecule has 0 aliphatic rings. The van der Waals surface area contributed by atoms with Crippen molar-refractivity contribution < 1.29 is 13.9 Å².